The van der Waals surface area contributed by atoms with Gasteiger partial charge in [-0.3, -0.25) is 5.41 Å². The van der Waals surface area contributed by atoms with E-state index in [1.807, 2.05) is 0 Å². The van der Waals surface area contributed by atoms with Crippen molar-refractivity contribution in [2.45, 2.75) is 0 Å². The van der Waals surface area contributed by atoms with Gasteiger partial charge in [0.05, 0.1) is 0 Å². The number of nitrogens with one attached hydrogen (secondary N) is 1. The number of halogens is 1. The third-order valence-corrected chi connectivity index (χ3v) is 1.17. The molecule has 5 nitrogen and oxygen atoms in total. The molecule has 1 aromatic heterocycles. The monoisotopic (exact) mass is 160 g/mol. The molecule has 10 heavy (non-hydrogen) atoms. The van der Waals surface area contributed by atoms with Gasteiger partial charge in [-0.25, -0.2) is 0 Å². The van der Waals surface area contributed by atoms with E-state index in [4.69, 9.17) is 28.0 Å². The number of nitrogen functional groups attached to an aromatic ring is 1. The van der Waals surface area contributed by atoms with Crippen LogP contribution in [-0.2, 0) is 0 Å². The van der Waals surface area contributed by atoms with E-state index in [-0.39, 0.29) is 16.6 Å². The molecule has 0 aliphatic heterocycles. The third-order valence-electron chi connectivity index (χ3n) is 0.905. The van der Waals surface area contributed by atoms with Crippen molar-refractivity contribution < 1.29 is 5.21 Å². The fourth-order valence-electron chi connectivity index (χ4n) is 0.486. The number of aromatic nitrogens is 2. The SMILES string of the molecule is N=c1nc(N)cc(Cl)n1O. The van der Waals surface area contributed by atoms with Gasteiger partial charge in [-0.05, 0) is 0 Å². The van der Waals surface area contributed by atoms with Gasteiger partial charge in [0.15, 0.2) is 5.15 Å². The van der Waals surface area contributed by atoms with Crippen molar-refractivity contribution >= 4 is 17.4 Å². The number of nitrogens with two attached hydrogens (primary N) is 1. The summed E-state index contributed by atoms with van der Waals surface area (Å²) in [5.74, 6) is 0.111. The van der Waals surface area contributed by atoms with Crippen LogP contribution in [0.5, 0.6) is 0 Å². The Balaban J connectivity index is 3.46. The van der Waals surface area contributed by atoms with E-state index in [1.54, 1.807) is 0 Å². The molecule has 0 spiro atoms. The molecule has 0 aliphatic carbocycles. The molecule has 0 bridgehead atoms. The van der Waals surface area contributed by atoms with Crippen molar-refractivity contribution in [3.8, 4) is 0 Å². The van der Waals surface area contributed by atoms with Crippen LogP contribution in [0.1, 0.15) is 0 Å². The number of rotatable bonds is 0. The first kappa shape index (κ1) is 6.88. The smallest absolute Gasteiger partial charge is 0.258 e. The predicted molar refractivity (Wildman–Crippen MR) is 34.7 cm³/mol. The van der Waals surface area contributed by atoms with Crippen LogP contribution < -0.4 is 11.4 Å². The topological polar surface area (TPSA) is 87.9 Å². The average molecular weight is 161 g/mol. The van der Waals surface area contributed by atoms with Gasteiger partial charge >= 0.3 is 0 Å². The molecule has 0 amide bonds. The van der Waals surface area contributed by atoms with Crippen LogP contribution in [0.4, 0.5) is 5.82 Å². The average Bonchev–Trinajstić information content (AvgIpc) is 1.82. The fraction of sp³-hybridized carbons (Fsp3) is 0. The van der Waals surface area contributed by atoms with Gasteiger partial charge in [-0.2, -0.15) is 4.98 Å². The summed E-state index contributed by atoms with van der Waals surface area (Å²) in [6.45, 7) is 0. The van der Waals surface area contributed by atoms with Gasteiger partial charge in [0.1, 0.15) is 5.82 Å². The molecule has 1 aromatic rings. The number of hydrogen-bond acceptors (Lipinski definition) is 4. The summed E-state index contributed by atoms with van der Waals surface area (Å²) in [5, 5.41) is 15.7. The summed E-state index contributed by atoms with van der Waals surface area (Å²) < 4.78 is 0.428. The minimum atomic E-state index is -0.384. The Labute approximate surface area is 61.2 Å². The summed E-state index contributed by atoms with van der Waals surface area (Å²) in [7, 11) is 0. The molecule has 1 rings (SSSR count). The first-order chi connectivity index (χ1) is 4.61. The molecule has 0 radical (unpaired) electrons. The van der Waals surface area contributed by atoms with E-state index in [0.29, 0.717) is 4.73 Å². The zero-order chi connectivity index (χ0) is 7.72. The normalized spacial score (nSPS) is 9.70. The highest BCUT2D eigenvalue weighted by atomic mass is 35.5. The molecular weight excluding hydrogens is 156 g/mol. The Kier molecular flexibility index (Phi) is 1.50. The highest BCUT2D eigenvalue weighted by molar-refractivity contribution is 6.29. The van der Waals surface area contributed by atoms with Gasteiger partial charge < -0.3 is 10.9 Å². The molecule has 0 unspecified atom stereocenters. The van der Waals surface area contributed by atoms with Crippen LogP contribution in [0.2, 0.25) is 5.15 Å². The third kappa shape index (κ3) is 1.03. The zero-order valence-corrected chi connectivity index (χ0v) is 5.63. The molecule has 0 saturated carbocycles. The van der Waals surface area contributed by atoms with Crippen LogP contribution in [0.25, 0.3) is 0 Å². The summed E-state index contributed by atoms with van der Waals surface area (Å²) in [5.41, 5.74) is 4.80. The first-order valence-electron chi connectivity index (χ1n) is 2.40. The number of nitrogens with zero attached hydrogens (tertiary/aromatic N) is 2. The van der Waals surface area contributed by atoms with Gasteiger partial charge in [0.25, 0.3) is 5.62 Å². The van der Waals surface area contributed by atoms with Crippen LogP contribution in [0.3, 0.4) is 0 Å². The molecule has 54 valence electrons. The molecule has 4 N–H and O–H groups in total. The van der Waals surface area contributed by atoms with Gasteiger partial charge in [0, 0.05) is 6.07 Å². The Hall–Kier alpha value is -1.23. The van der Waals surface area contributed by atoms with Crippen molar-refractivity contribution in [3.63, 3.8) is 0 Å². The Morgan fingerprint density at radius 3 is 2.90 bits per heavy atom. The number of anilines is 1. The van der Waals surface area contributed by atoms with Crippen LogP contribution in [0, 0.1) is 5.41 Å². The highest BCUT2D eigenvalue weighted by Crippen LogP contribution is 2.04. The fourth-order valence-corrected chi connectivity index (χ4v) is 0.678. The molecule has 0 atom stereocenters. The van der Waals surface area contributed by atoms with E-state index in [9.17, 15) is 0 Å². The minimum absolute atomic E-state index is 0.0301. The molecular formula is C4H5ClN4O. The second-order valence-electron chi connectivity index (χ2n) is 1.64. The molecule has 0 saturated heterocycles. The van der Waals surface area contributed by atoms with Crippen molar-refractivity contribution in [3.05, 3.63) is 16.8 Å². The van der Waals surface area contributed by atoms with Gasteiger partial charge in [0.2, 0.25) is 0 Å². The maximum Gasteiger partial charge on any atom is 0.258 e. The van der Waals surface area contributed by atoms with Crippen LogP contribution in [0.15, 0.2) is 6.07 Å². The Morgan fingerprint density at radius 1 is 1.80 bits per heavy atom. The molecule has 0 fully saturated rings. The zero-order valence-electron chi connectivity index (χ0n) is 4.87. The standard InChI is InChI=1S/C4H5ClN4O/c5-2-1-3(6)8-4(7)9(2)10/h1,10H,(H3,6,7,8). The summed E-state index contributed by atoms with van der Waals surface area (Å²) in [4.78, 5) is 3.41. The lowest BCUT2D eigenvalue weighted by molar-refractivity contribution is 0.166. The lowest BCUT2D eigenvalue weighted by Gasteiger charge is -1.98. The van der Waals surface area contributed by atoms with Gasteiger partial charge in [-0.15, -0.1) is 4.73 Å². The van der Waals surface area contributed by atoms with Crippen molar-refractivity contribution in [2.75, 3.05) is 5.73 Å². The summed E-state index contributed by atoms with van der Waals surface area (Å²) >= 11 is 5.39. The molecule has 0 aromatic carbocycles. The summed E-state index contributed by atoms with van der Waals surface area (Å²) in [6.07, 6.45) is 0. The van der Waals surface area contributed by atoms with E-state index in [0.717, 1.165) is 0 Å². The quantitative estimate of drug-likeness (QED) is 0.364. The maximum atomic E-state index is 8.81. The van der Waals surface area contributed by atoms with Crippen molar-refractivity contribution in [2.24, 2.45) is 0 Å². The largest absolute Gasteiger partial charge is 0.424 e. The van der Waals surface area contributed by atoms with Crippen molar-refractivity contribution in [1.82, 2.24) is 9.71 Å². The number of hydrogen-bond donors (Lipinski definition) is 3. The van der Waals surface area contributed by atoms with E-state index in [1.165, 1.54) is 6.07 Å². The lowest BCUT2D eigenvalue weighted by Crippen LogP contribution is -2.22. The van der Waals surface area contributed by atoms with Crippen LogP contribution in [-0.4, -0.2) is 14.9 Å². The molecule has 6 heteroatoms. The first-order valence-corrected chi connectivity index (χ1v) is 2.78. The Morgan fingerprint density at radius 2 is 2.40 bits per heavy atom. The maximum absolute atomic E-state index is 8.81. The molecule has 0 aliphatic rings. The molecule has 1 heterocycles. The second kappa shape index (κ2) is 2.18. The van der Waals surface area contributed by atoms with Gasteiger partial charge in [-0.1, -0.05) is 11.6 Å². The Bertz CT molecular complexity index is 307. The second-order valence-corrected chi connectivity index (χ2v) is 2.03. The predicted octanol–water partition coefficient (Wildman–Crippen LogP) is -0.165. The summed E-state index contributed by atoms with van der Waals surface area (Å²) in [6, 6.07) is 1.25. The minimum Gasteiger partial charge on any atom is -0.424 e. The van der Waals surface area contributed by atoms with Crippen molar-refractivity contribution in [1.29, 1.82) is 5.41 Å². The van der Waals surface area contributed by atoms with E-state index in [2.05, 4.69) is 4.98 Å². The van der Waals surface area contributed by atoms with E-state index < -0.39 is 0 Å². The van der Waals surface area contributed by atoms with E-state index >= 15 is 0 Å². The van der Waals surface area contributed by atoms with Crippen LogP contribution >= 0.6 is 11.6 Å². The highest BCUT2D eigenvalue weighted by Gasteiger charge is 1.97. The lowest BCUT2D eigenvalue weighted by atomic mass is 10.6.